The molecule has 0 bridgehead atoms. The van der Waals surface area contributed by atoms with E-state index >= 15 is 0 Å². The standard InChI is InChI=1S/C23H30F2O3/c1-3-4-5-16-6-8-17(9-7-16)18-11-13-21(27-14-18)28-15-19-10-12-20(26-2)23(25)22(19)24/h6-9,18,21H,3-5,10-15H2,1-2H3. The normalized spacial score (nSPS) is 23.3. The van der Waals surface area contributed by atoms with Crippen LogP contribution in [-0.4, -0.2) is 26.6 Å². The zero-order valence-electron chi connectivity index (χ0n) is 16.8. The topological polar surface area (TPSA) is 27.7 Å². The van der Waals surface area contributed by atoms with Crippen molar-refractivity contribution in [2.75, 3.05) is 20.3 Å². The van der Waals surface area contributed by atoms with Gasteiger partial charge in [0.25, 0.3) is 0 Å². The fourth-order valence-electron chi connectivity index (χ4n) is 3.74. The molecule has 0 radical (unpaired) electrons. The quantitative estimate of drug-likeness (QED) is 0.534. The van der Waals surface area contributed by atoms with Crippen molar-refractivity contribution >= 4 is 0 Å². The van der Waals surface area contributed by atoms with E-state index in [1.165, 1.54) is 31.1 Å². The van der Waals surface area contributed by atoms with Gasteiger partial charge in [0.2, 0.25) is 0 Å². The van der Waals surface area contributed by atoms with Crippen LogP contribution in [0, 0.1) is 0 Å². The molecule has 1 heterocycles. The number of aryl methyl sites for hydroxylation is 1. The first-order valence-electron chi connectivity index (χ1n) is 10.2. The number of ether oxygens (including phenoxy) is 3. The van der Waals surface area contributed by atoms with Gasteiger partial charge in [-0.3, -0.25) is 0 Å². The van der Waals surface area contributed by atoms with E-state index in [2.05, 4.69) is 31.2 Å². The van der Waals surface area contributed by atoms with E-state index in [1.807, 2.05) is 0 Å². The molecule has 0 saturated carbocycles. The van der Waals surface area contributed by atoms with Gasteiger partial charge in [0, 0.05) is 12.3 Å². The maximum absolute atomic E-state index is 14.1. The minimum absolute atomic E-state index is 0.0533. The Morgan fingerprint density at radius 1 is 1.07 bits per heavy atom. The third kappa shape index (κ3) is 5.21. The lowest BCUT2D eigenvalue weighted by molar-refractivity contribution is -0.162. The highest BCUT2D eigenvalue weighted by Gasteiger charge is 2.26. The Kier molecular flexibility index (Phi) is 7.63. The summed E-state index contributed by atoms with van der Waals surface area (Å²) in [5, 5.41) is 0. The summed E-state index contributed by atoms with van der Waals surface area (Å²) in [7, 11) is 1.36. The number of hydrogen-bond donors (Lipinski definition) is 0. The first-order chi connectivity index (χ1) is 13.6. The number of benzene rings is 1. The molecule has 2 atom stereocenters. The van der Waals surface area contributed by atoms with Gasteiger partial charge >= 0.3 is 0 Å². The fourth-order valence-corrected chi connectivity index (χ4v) is 3.74. The third-order valence-corrected chi connectivity index (χ3v) is 5.60. The molecule has 0 aromatic heterocycles. The lowest BCUT2D eigenvalue weighted by Gasteiger charge is -2.30. The second-order valence-electron chi connectivity index (χ2n) is 7.55. The largest absolute Gasteiger partial charge is 0.498 e. The van der Waals surface area contributed by atoms with E-state index in [0.29, 0.717) is 30.9 Å². The van der Waals surface area contributed by atoms with Gasteiger partial charge < -0.3 is 14.2 Å². The molecule has 3 rings (SSSR count). The van der Waals surface area contributed by atoms with Crippen LogP contribution in [-0.2, 0) is 20.6 Å². The molecule has 1 fully saturated rings. The molecule has 0 amide bonds. The molecule has 1 saturated heterocycles. The van der Waals surface area contributed by atoms with Gasteiger partial charge in [-0.25, -0.2) is 8.78 Å². The lowest BCUT2D eigenvalue weighted by Crippen LogP contribution is -2.28. The minimum Gasteiger partial charge on any atom is -0.498 e. The number of rotatable bonds is 8. The first kappa shape index (κ1) is 21.0. The molecule has 5 heteroatoms. The molecule has 28 heavy (non-hydrogen) atoms. The van der Waals surface area contributed by atoms with Gasteiger partial charge in [-0.2, -0.15) is 0 Å². The Labute approximate surface area is 166 Å². The molecule has 0 N–H and O–H groups in total. The zero-order valence-corrected chi connectivity index (χ0v) is 16.8. The fraction of sp³-hybridized carbons (Fsp3) is 0.565. The van der Waals surface area contributed by atoms with Crippen LogP contribution in [0.5, 0.6) is 0 Å². The van der Waals surface area contributed by atoms with Gasteiger partial charge in [0.15, 0.2) is 17.9 Å². The summed E-state index contributed by atoms with van der Waals surface area (Å²) in [5.41, 5.74) is 3.01. The van der Waals surface area contributed by atoms with Crippen molar-refractivity contribution in [1.82, 2.24) is 0 Å². The van der Waals surface area contributed by atoms with E-state index in [1.54, 1.807) is 0 Å². The van der Waals surface area contributed by atoms with Crippen molar-refractivity contribution in [2.45, 2.75) is 64.1 Å². The molecular formula is C23H30F2O3. The highest BCUT2D eigenvalue weighted by Crippen LogP contribution is 2.34. The van der Waals surface area contributed by atoms with E-state index < -0.39 is 11.7 Å². The smallest absolute Gasteiger partial charge is 0.196 e. The van der Waals surface area contributed by atoms with Crippen LogP contribution >= 0.6 is 0 Å². The highest BCUT2D eigenvalue weighted by molar-refractivity contribution is 5.32. The Balaban J connectivity index is 1.47. The lowest BCUT2D eigenvalue weighted by atomic mass is 9.92. The molecule has 2 unspecified atom stereocenters. The average molecular weight is 392 g/mol. The Hall–Kier alpha value is -1.72. The predicted octanol–water partition coefficient (Wildman–Crippen LogP) is 6.11. The summed E-state index contributed by atoms with van der Waals surface area (Å²) >= 11 is 0. The first-order valence-corrected chi connectivity index (χ1v) is 10.2. The van der Waals surface area contributed by atoms with Crippen molar-refractivity contribution in [3.05, 3.63) is 58.4 Å². The van der Waals surface area contributed by atoms with Crippen molar-refractivity contribution < 1.29 is 23.0 Å². The van der Waals surface area contributed by atoms with Crippen molar-refractivity contribution in [1.29, 1.82) is 0 Å². The second-order valence-corrected chi connectivity index (χ2v) is 7.55. The van der Waals surface area contributed by atoms with Gasteiger partial charge in [0.05, 0.1) is 20.3 Å². The average Bonchev–Trinajstić information content (AvgIpc) is 2.74. The van der Waals surface area contributed by atoms with Crippen LogP contribution in [0.1, 0.15) is 62.5 Å². The molecule has 3 nitrogen and oxygen atoms in total. The van der Waals surface area contributed by atoms with Crippen LogP contribution in [0.2, 0.25) is 0 Å². The summed E-state index contributed by atoms with van der Waals surface area (Å²) in [4.78, 5) is 0. The van der Waals surface area contributed by atoms with Crippen molar-refractivity contribution in [3.8, 4) is 0 Å². The third-order valence-electron chi connectivity index (χ3n) is 5.60. The molecule has 1 aliphatic heterocycles. The summed E-state index contributed by atoms with van der Waals surface area (Å²) in [5.74, 6) is -1.33. The highest BCUT2D eigenvalue weighted by atomic mass is 19.2. The van der Waals surface area contributed by atoms with Crippen LogP contribution in [0.3, 0.4) is 0 Å². The van der Waals surface area contributed by atoms with Crippen LogP contribution in [0.15, 0.2) is 47.3 Å². The number of methoxy groups -OCH3 is 1. The summed E-state index contributed by atoms with van der Waals surface area (Å²) in [6.45, 7) is 2.84. The molecule has 154 valence electrons. The summed E-state index contributed by atoms with van der Waals surface area (Å²) in [6.07, 6.45) is 5.66. The van der Waals surface area contributed by atoms with E-state index in [-0.39, 0.29) is 18.7 Å². The summed E-state index contributed by atoms with van der Waals surface area (Å²) < 4.78 is 44.3. The predicted molar refractivity (Wildman–Crippen MR) is 105 cm³/mol. The van der Waals surface area contributed by atoms with Gasteiger partial charge in [-0.1, -0.05) is 37.6 Å². The monoisotopic (exact) mass is 392 g/mol. The van der Waals surface area contributed by atoms with E-state index in [4.69, 9.17) is 14.2 Å². The SMILES string of the molecule is CCCCc1ccc(C2CCC(OCC3=C(F)C(F)=C(OC)CC3)OC2)cc1. The second kappa shape index (κ2) is 10.2. The Morgan fingerprint density at radius 3 is 2.50 bits per heavy atom. The Bertz CT molecular complexity index is 701. The van der Waals surface area contributed by atoms with Crippen LogP contribution < -0.4 is 0 Å². The number of hydrogen-bond acceptors (Lipinski definition) is 3. The molecule has 1 aromatic carbocycles. The molecule has 0 spiro atoms. The van der Waals surface area contributed by atoms with Gasteiger partial charge in [-0.05, 0) is 48.8 Å². The van der Waals surface area contributed by atoms with Crippen LogP contribution in [0.25, 0.3) is 0 Å². The summed E-state index contributed by atoms with van der Waals surface area (Å²) in [6, 6.07) is 8.82. The van der Waals surface area contributed by atoms with E-state index in [9.17, 15) is 8.78 Å². The molecule has 2 aliphatic rings. The molecule has 1 aliphatic carbocycles. The molecule has 1 aromatic rings. The maximum atomic E-state index is 14.1. The van der Waals surface area contributed by atoms with E-state index in [0.717, 1.165) is 19.3 Å². The van der Waals surface area contributed by atoms with Crippen molar-refractivity contribution in [2.24, 2.45) is 0 Å². The Morgan fingerprint density at radius 2 is 1.86 bits per heavy atom. The number of halogens is 2. The maximum Gasteiger partial charge on any atom is 0.196 e. The van der Waals surface area contributed by atoms with Gasteiger partial charge in [0.1, 0.15) is 5.76 Å². The van der Waals surface area contributed by atoms with Gasteiger partial charge in [-0.15, -0.1) is 0 Å². The zero-order chi connectivity index (χ0) is 19.9. The molecular weight excluding hydrogens is 362 g/mol. The van der Waals surface area contributed by atoms with Crippen LogP contribution in [0.4, 0.5) is 8.78 Å². The number of unbranched alkanes of at least 4 members (excludes halogenated alkanes) is 1. The number of allylic oxidation sites excluding steroid dienone is 3. The minimum atomic E-state index is -0.903. The van der Waals surface area contributed by atoms with Crippen molar-refractivity contribution in [3.63, 3.8) is 0 Å².